The monoisotopic (exact) mass is 1110 g/mol. The molecule has 0 saturated carbocycles. The summed E-state index contributed by atoms with van der Waals surface area (Å²) in [6.07, 6.45) is -4.35. The summed E-state index contributed by atoms with van der Waals surface area (Å²) in [5, 5.41) is 72.6. The molecule has 3 saturated heterocycles. The largest absolute Gasteiger partial charge is 0.507 e. The van der Waals surface area contributed by atoms with Gasteiger partial charge in [0.2, 0.25) is 12.6 Å². The van der Waals surface area contributed by atoms with Crippen LogP contribution < -0.4 is 31.4 Å². The van der Waals surface area contributed by atoms with Crippen molar-refractivity contribution in [2.24, 2.45) is 11.8 Å². The molecule has 9 rings (SSSR count). The van der Waals surface area contributed by atoms with Crippen LogP contribution in [0.3, 0.4) is 0 Å². The van der Waals surface area contributed by atoms with Gasteiger partial charge >= 0.3 is 23.2 Å². The highest BCUT2D eigenvalue weighted by Crippen LogP contribution is 2.43. The molecule has 0 radical (unpaired) electrons. The number of allylic oxidation sites excluding steroid dienone is 6. The molecule has 0 bridgehead atoms. The van der Waals surface area contributed by atoms with E-state index < -0.39 is 143 Å². The second-order valence-corrected chi connectivity index (χ2v) is 21.6. The Morgan fingerprint density at radius 2 is 1.38 bits per heavy atom. The lowest BCUT2D eigenvalue weighted by Gasteiger charge is -2.48. The smallest absolute Gasteiger partial charge is 0.364 e. The van der Waals surface area contributed by atoms with Crippen LogP contribution in [0.1, 0.15) is 84.4 Å². The molecule has 3 aliphatic heterocycles. The van der Waals surface area contributed by atoms with Crippen molar-refractivity contribution in [3.63, 3.8) is 0 Å². The summed E-state index contributed by atoms with van der Waals surface area (Å²) in [5.41, 5.74) is -4.24. The van der Waals surface area contributed by atoms with E-state index in [-0.39, 0.29) is 79.3 Å². The van der Waals surface area contributed by atoms with Crippen LogP contribution in [0.5, 0.6) is 23.0 Å². The number of carbonyl (C=O) groups excluding carboxylic acids is 5. The number of esters is 2. The van der Waals surface area contributed by atoms with Gasteiger partial charge in [0.05, 0.1) is 34.5 Å². The van der Waals surface area contributed by atoms with E-state index in [9.17, 15) is 64.2 Å². The molecule has 3 unspecified atom stereocenters. The van der Waals surface area contributed by atoms with E-state index in [1.807, 2.05) is 6.92 Å². The molecule has 1 amide bonds. The van der Waals surface area contributed by atoms with Gasteiger partial charge in [0.1, 0.15) is 52.2 Å². The average molecular weight is 1110 g/mol. The minimum atomic E-state index is -1.92. The van der Waals surface area contributed by atoms with Crippen LogP contribution in [-0.2, 0) is 49.3 Å². The molecule has 426 valence electrons. The Bertz CT molecular complexity index is 3520. The third kappa shape index (κ3) is 10.3. The van der Waals surface area contributed by atoms with Crippen LogP contribution in [-0.4, -0.2) is 127 Å². The van der Waals surface area contributed by atoms with Gasteiger partial charge in [-0.15, -0.1) is 0 Å². The standard InChI is InChI=1S/C57H62N2O21/c1-22-10-12-32(40(22)62)50(68)78-48-34(21-60)56(7,8)79-54(44(48)66)73-37-19-16-31-42(64)39(53(71)76-46(31)26(37)5)59-49(67)29-14-13-28(24(29)3)36(61)20-33-41(63)30-15-18-38(25(4)45(30)75-51(33)69)74-55-43(65)47(27(6)57(9,72)80-55)77-52(70)35-17-11-23(2)58-35/h10,12-13,15-16,18-19,23,27,34-35,43-44,47-48,54-55,58,60,63-66,72H,11,14,17,20-21H2,1-9H3,(H,59,67)/t23?,27-,34-,35?,43+,44+,47+,48+,54-,55-,57?/m0/s1. The maximum Gasteiger partial charge on any atom is 0.364 e. The van der Waals surface area contributed by atoms with Crippen molar-refractivity contribution in [2.45, 2.75) is 148 Å². The topological polar surface area (TPSA) is 347 Å². The molecule has 80 heavy (non-hydrogen) atoms. The van der Waals surface area contributed by atoms with Gasteiger partial charge in [-0.05, 0) is 116 Å². The Morgan fingerprint density at radius 3 is 1.96 bits per heavy atom. The number of hydrogen-bond donors (Lipinski definition) is 8. The molecule has 0 spiro atoms. The first-order valence-electron chi connectivity index (χ1n) is 26.0. The molecule has 11 atom stereocenters. The summed E-state index contributed by atoms with van der Waals surface area (Å²) in [6, 6.07) is 4.93. The summed E-state index contributed by atoms with van der Waals surface area (Å²) in [6.45, 7) is 13.4. The summed E-state index contributed by atoms with van der Waals surface area (Å²) in [4.78, 5) is 93.3. The number of ketones is 2. The second-order valence-electron chi connectivity index (χ2n) is 21.6. The number of benzene rings is 2. The van der Waals surface area contributed by atoms with E-state index in [4.69, 9.17) is 37.3 Å². The minimum absolute atomic E-state index is 0.00189. The van der Waals surface area contributed by atoms with Crippen LogP contribution in [0, 0.1) is 25.7 Å². The maximum atomic E-state index is 13.8. The van der Waals surface area contributed by atoms with E-state index >= 15 is 0 Å². The number of hydrogen-bond acceptors (Lipinski definition) is 22. The van der Waals surface area contributed by atoms with Gasteiger partial charge in [-0.3, -0.25) is 19.2 Å². The summed E-state index contributed by atoms with van der Waals surface area (Å²) < 4.78 is 46.4. The zero-order valence-corrected chi connectivity index (χ0v) is 45.2. The first kappa shape index (κ1) is 57.2. The lowest BCUT2D eigenvalue weighted by Crippen LogP contribution is -2.62. The quantitative estimate of drug-likeness (QED) is 0.0507. The number of carbonyl (C=O) groups is 5. The Labute approximate surface area is 456 Å². The number of aliphatic hydroxyl groups is 4. The molecule has 5 heterocycles. The zero-order chi connectivity index (χ0) is 58.2. The molecule has 8 N–H and O–H groups in total. The molecule has 4 aromatic rings. The fourth-order valence-corrected chi connectivity index (χ4v) is 10.7. The molecular formula is C57H62N2O21. The fourth-order valence-electron chi connectivity index (χ4n) is 10.7. The maximum absolute atomic E-state index is 13.8. The third-order valence-corrected chi connectivity index (χ3v) is 15.9. The number of rotatable bonds is 14. The van der Waals surface area contributed by atoms with E-state index in [0.29, 0.717) is 12.0 Å². The zero-order valence-electron chi connectivity index (χ0n) is 45.2. The first-order valence-corrected chi connectivity index (χ1v) is 26.0. The summed E-state index contributed by atoms with van der Waals surface area (Å²) >= 11 is 0. The molecule has 23 nitrogen and oxygen atoms in total. The number of ether oxygens (including phenoxy) is 6. The lowest BCUT2D eigenvalue weighted by atomic mass is 9.81. The van der Waals surface area contributed by atoms with E-state index in [0.717, 1.165) is 6.42 Å². The second kappa shape index (κ2) is 21.5. The molecule has 5 aliphatic rings. The Morgan fingerprint density at radius 1 is 0.775 bits per heavy atom. The Hall–Kier alpha value is -7.51. The van der Waals surface area contributed by atoms with Gasteiger partial charge in [0.15, 0.2) is 41.0 Å². The van der Waals surface area contributed by atoms with Gasteiger partial charge in [0, 0.05) is 40.7 Å². The van der Waals surface area contributed by atoms with Crippen molar-refractivity contribution < 1.29 is 91.9 Å². The molecule has 23 heteroatoms. The number of anilines is 1. The highest BCUT2D eigenvalue weighted by molar-refractivity contribution is 6.26. The lowest BCUT2D eigenvalue weighted by molar-refractivity contribution is -0.356. The van der Waals surface area contributed by atoms with E-state index in [1.165, 1.54) is 77.1 Å². The van der Waals surface area contributed by atoms with Gasteiger partial charge in [-0.1, -0.05) is 19.1 Å². The van der Waals surface area contributed by atoms with E-state index in [1.54, 1.807) is 20.8 Å². The fraction of sp³-hybridized carbons (Fsp3) is 0.456. The Balaban J connectivity index is 0.875. The highest BCUT2D eigenvalue weighted by atomic mass is 16.8. The SMILES string of the molecule is CC1=CC=C(C(=O)O[C@H]2[C@@H](O)[C@@H](Oc3ccc4c(O)c(NC(=O)C5=C(C)C(C(=O)Cc6c(O)c7ccc(O[C@H]8OC(C)(O)[C@@H](C)[C@@H](OC(=O)C9CCC(C)N9)[C@H]8O)c(C)c7oc6=O)=CC5)c(=O)oc4c3C)OC(C)(C)[C@H]2CO)C1=O. The van der Waals surface area contributed by atoms with Gasteiger partial charge in [-0.2, -0.15) is 0 Å². The van der Waals surface area contributed by atoms with Crippen LogP contribution in [0.4, 0.5) is 5.69 Å². The number of fused-ring (bicyclic) bond motifs is 2. The number of aryl methyl sites for hydroxylation is 2. The van der Waals surface area contributed by atoms with Crippen molar-refractivity contribution in [3.05, 3.63) is 108 Å². The van der Waals surface area contributed by atoms with Crippen molar-refractivity contribution >= 4 is 57.0 Å². The van der Waals surface area contributed by atoms with Crippen LogP contribution in [0.15, 0.2) is 88.8 Å². The van der Waals surface area contributed by atoms with Crippen molar-refractivity contribution in [1.29, 1.82) is 0 Å². The van der Waals surface area contributed by atoms with E-state index in [2.05, 4.69) is 10.6 Å². The van der Waals surface area contributed by atoms with Crippen LogP contribution in [0.2, 0.25) is 0 Å². The number of aromatic hydroxyl groups is 2. The highest BCUT2D eigenvalue weighted by Gasteiger charge is 2.54. The van der Waals surface area contributed by atoms with Crippen molar-refractivity contribution in [2.75, 3.05) is 11.9 Å². The number of nitrogens with one attached hydrogen (secondary N) is 2. The third-order valence-electron chi connectivity index (χ3n) is 15.9. The number of amides is 1. The Kier molecular flexibility index (Phi) is 15.4. The number of aliphatic hydroxyl groups excluding tert-OH is 3. The summed E-state index contributed by atoms with van der Waals surface area (Å²) in [7, 11) is 0. The molecular weight excluding hydrogens is 1050 g/mol. The van der Waals surface area contributed by atoms with Gasteiger partial charge in [0.25, 0.3) is 5.91 Å². The molecule has 2 aromatic carbocycles. The van der Waals surface area contributed by atoms with Crippen molar-refractivity contribution in [3.8, 4) is 23.0 Å². The predicted molar refractivity (Wildman–Crippen MR) is 280 cm³/mol. The van der Waals surface area contributed by atoms with Gasteiger partial charge in [-0.25, -0.2) is 14.4 Å². The number of Topliss-reactive ketones (excluding diaryl/α,β-unsaturated/α-hetero) is 2. The van der Waals surface area contributed by atoms with Crippen LogP contribution >= 0.6 is 0 Å². The molecule has 3 fully saturated rings. The average Bonchev–Trinajstić information content (AvgIpc) is 4.15. The molecule has 2 aromatic heterocycles. The predicted octanol–water partition coefficient (Wildman–Crippen LogP) is 3.67. The normalized spacial score (nSPS) is 28.4. The first-order chi connectivity index (χ1) is 37.6. The molecule has 2 aliphatic carbocycles. The minimum Gasteiger partial charge on any atom is -0.507 e. The summed E-state index contributed by atoms with van der Waals surface area (Å²) in [5.74, 6) is -8.72. The van der Waals surface area contributed by atoms with Gasteiger partial charge < -0.3 is 78.5 Å². The van der Waals surface area contributed by atoms with Crippen LogP contribution in [0.25, 0.3) is 21.9 Å². The van der Waals surface area contributed by atoms with Crippen molar-refractivity contribution in [1.82, 2.24) is 5.32 Å².